The fourth-order valence-corrected chi connectivity index (χ4v) is 3.12. The molecule has 0 heterocycles. The predicted octanol–water partition coefficient (Wildman–Crippen LogP) is 3.09. The lowest BCUT2D eigenvalue weighted by molar-refractivity contribution is -0.119. The minimum absolute atomic E-state index is 0.00819. The van der Waals surface area contributed by atoms with Gasteiger partial charge in [0.05, 0.1) is 10.6 Å². The lowest BCUT2D eigenvalue weighted by Gasteiger charge is -2.22. The van der Waals surface area contributed by atoms with Gasteiger partial charge < -0.3 is 11.1 Å². The Morgan fingerprint density at radius 1 is 1.25 bits per heavy atom. The van der Waals surface area contributed by atoms with Gasteiger partial charge in [0.15, 0.2) is 0 Å². The fraction of sp³-hybridized carbons (Fsp3) is 0.500. The van der Waals surface area contributed by atoms with E-state index in [1.54, 1.807) is 0 Å². The van der Waals surface area contributed by atoms with Crippen molar-refractivity contribution in [2.75, 3.05) is 11.5 Å². The molecule has 1 aliphatic rings. The van der Waals surface area contributed by atoms with Crippen LogP contribution in [0.3, 0.4) is 0 Å². The molecule has 0 aliphatic heterocycles. The summed E-state index contributed by atoms with van der Waals surface area (Å²) in [6, 6.07) is 2.33. The minimum atomic E-state index is -0.724. The first kappa shape index (κ1) is 15.1. The molecule has 3 nitrogen and oxygen atoms in total. The Hall–Kier alpha value is -1.30. The number of anilines is 1. The van der Waals surface area contributed by atoms with Crippen molar-refractivity contribution in [2.24, 2.45) is 0 Å². The number of amides is 1. The molecule has 0 aromatic heterocycles. The Labute approximate surface area is 121 Å². The van der Waals surface area contributed by atoms with Crippen LogP contribution in [0.5, 0.6) is 0 Å². The molecule has 0 spiro atoms. The maximum absolute atomic E-state index is 13.5. The van der Waals surface area contributed by atoms with E-state index >= 15 is 0 Å². The van der Waals surface area contributed by atoms with E-state index in [-0.39, 0.29) is 28.3 Å². The van der Waals surface area contributed by atoms with Gasteiger partial charge in [0.2, 0.25) is 5.91 Å². The zero-order valence-electron chi connectivity index (χ0n) is 11.1. The number of nitrogens with two attached hydrogens (primary N) is 1. The van der Waals surface area contributed by atoms with Crippen molar-refractivity contribution >= 4 is 23.4 Å². The van der Waals surface area contributed by atoms with E-state index in [1.807, 2.05) is 0 Å². The van der Waals surface area contributed by atoms with Crippen LogP contribution in [0.15, 0.2) is 17.0 Å². The van der Waals surface area contributed by atoms with Crippen LogP contribution in [0, 0.1) is 11.6 Å². The van der Waals surface area contributed by atoms with Crippen LogP contribution in [0.4, 0.5) is 14.5 Å². The highest BCUT2D eigenvalue weighted by Crippen LogP contribution is 2.27. The highest BCUT2D eigenvalue weighted by atomic mass is 32.2. The van der Waals surface area contributed by atoms with Crippen molar-refractivity contribution in [2.45, 2.75) is 43.0 Å². The van der Waals surface area contributed by atoms with Crippen molar-refractivity contribution < 1.29 is 13.6 Å². The third-order valence-corrected chi connectivity index (χ3v) is 4.42. The number of rotatable bonds is 4. The van der Waals surface area contributed by atoms with Crippen LogP contribution in [-0.4, -0.2) is 17.7 Å². The van der Waals surface area contributed by atoms with E-state index in [2.05, 4.69) is 5.32 Å². The normalized spacial score (nSPS) is 16.1. The maximum atomic E-state index is 13.5. The average molecular weight is 300 g/mol. The van der Waals surface area contributed by atoms with Crippen LogP contribution in [0.1, 0.15) is 32.1 Å². The van der Waals surface area contributed by atoms with Crippen LogP contribution in [0.25, 0.3) is 0 Å². The molecule has 0 atom stereocenters. The van der Waals surface area contributed by atoms with Crippen LogP contribution >= 0.6 is 11.8 Å². The second kappa shape index (κ2) is 6.92. The monoisotopic (exact) mass is 300 g/mol. The Kier molecular flexibility index (Phi) is 5.23. The lowest BCUT2D eigenvalue weighted by Crippen LogP contribution is -2.37. The van der Waals surface area contributed by atoms with E-state index in [9.17, 15) is 13.6 Å². The Bertz CT molecular complexity index is 467. The van der Waals surface area contributed by atoms with Crippen LogP contribution in [-0.2, 0) is 4.79 Å². The SMILES string of the molecule is Nc1cc(F)c(SCC(=O)NC2CCCCC2)c(F)c1. The molecule has 3 N–H and O–H groups in total. The Balaban J connectivity index is 1.87. The summed E-state index contributed by atoms with van der Waals surface area (Å²) in [5.74, 6) is -1.62. The van der Waals surface area contributed by atoms with Gasteiger partial charge in [-0.3, -0.25) is 4.79 Å². The maximum Gasteiger partial charge on any atom is 0.230 e. The summed E-state index contributed by atoms with van der Waals surface area (Å²) in [5.41, 5.74) is 5.38. The standard InChI is InChI=1S/C14H18F2N2OS/c15-11-6-9(17)7-12(16)14(11)20-8-13(19)18-10-4-2-1-3-5-10/h6-7,10H,1-5,8,17H2,(H,18,19). The number of hydrogen-bond donors (Lipinski definition) is 2. The van der Waals surface area contributed by atoms with Crippen molar-refractivity contribution in [1.29, 1.82) is 0 Å². The van der Waals surface area contributed by atoms with E-state index < -0.39 is 11.6 Å². The van der Waals surface area contributed by atoms with Crippen molar-refractivity contribution in [3.05, 3.63) is 23.8 Å². The fourth-order valence-electron chi connectivity index (χ4n) is 2.37. The Morgan fingerprint density at radius 2 is 1.85 bits per heavy atom. The summed E-state index contributed by atoms with van der Waals surface area (Å²) in [6.45, 7) is 0. The van der Waals surface area contributed by atoms with Crippen molar-refractivity contribution in [1.82, 2.24) is 5.32 Å². The first-order valence-corrected chi connectivity index (χ1v) is 7.71. The third kappa shape index (κ3) is 4.10. The average Bonchev–Trinajstić information content (AvgIpc) is 2.38. The summed E-state index contributed by atoms with van der Waals surface area (Å²) in [7, 11) is 0. The van der Waals surface area contributed by atoms with Gasteiger partial charge in [0.1, 0.15) is 11.6 Å². The van der Waals surface area contributed by atoms with Crippen molar-refractivity contribution in [3.63, 3.8) is 0 Å². The number of halogens is 2. The lowest BCUT2D eigenvalue weighted by atomic mass is 9.95. The number of nitrogens with one attached hydrogen (secondary N) is 1. The van der Waals surface area contributed by atoms with Gasteiger partial charge >= 0.3 is 0 Å². The number of thioether (sulfide) groups is 1. The number of hydrogen-bond acceptors (Lipinski definition) is 3. The van der Waals surface area contributed by atoms with Crippen LogP contribution in [0.2, 0.25) is 0 Å². The summed E-state index contributed by atoms with van der Waals surface area (Å²) < 4.78 is 27.1. The number of benzene rings is 1. The highest BCUT2D eigenvalue weighted by Gasteiger charge is 2.17. The molecular formula is C14H18F2N2OS. The van der Waals surface area contributed by atoms with E-state index in [0.717, 1.165) is 49.6 Å². The molecule has 0 saturated heterocycles. The number of nitrogen functional groups attached to an aromatic ring is 1. The first-order chi connectivity index (χ1) is 9.56. The third-order valence-electron chi connectivity index (χ3n) is 3.34. The van der Waals surface area contributed by atoms with Gasteiger partial charge in [-0.05, 0) is 25.0 Å². The summed E-state index contributed by atoms with van der Waals surface area (Å²) in [4.78, 5) is 11.6. The largest absolute Gasteiger partial charge is 0.399 e. The quantitative estimate of drug-likeness (QED) is 0.663. The summed E-state index contributed by atoms with van der Waals surface area (Å²) in [5, 5.41) is 2.91. The molecule has 1 fully saturated rings. The van der Waals surface area contributed by atoms with E-state index in [0.29, 0.717) is 0 Å². The summed E-state index contributed by atoms with van der Waals surface area (Å²) >= 11 is 0.861. The molecule has 110 valence electrons. The molecule has 1 aromatic carbocycles. The number of carbonyl (C=O) groups is 1. The molecule has 2 rings (SSSR count). The molecule has 0 radical (unpaired) electrons. The molecule has 1 amide bonds. The minimum Gasteiger partial charge on any atom is -0.399 e. The zero-order chi connectivity index (χ0) is 14.5. The molecule has 0 unspecified atom stereocenters. The molecule has 20 heavy (non-hydrogen) atoms. The van der Waals surface area contributed by atoms with E-state index in [1.165, 1.54) is 6.42 Å². The second-order valence-electron chi connectivity index (χ2n) is 5.00. The molecule has 1 aromatic rings. The van der Waals surface area contributed by atoms with Gasteiger partial charge in [-0.15, -0.1) is 11.8 Å². The predicted molar refractivity (Wildman–Crippen MR) is 76.5 cm³/mol. The van der Waals surface area contributed by atoms with Gasteiger partial charge in [-0.2, -0.15) is 0 Å². The molecule has 1 aliphatic carbocycles. The summed E-state index contributed by atoms with van der Waals surface area (Å²) in [6.07, 6.45) is 5.43. The smallest absolute Gasteiger partial charge is 0.230 e. The Morgan fingerprint density at radius 3 is 2.45 bits per heavy atom. The van der Waals surface area contributed by atoms with Gasteiger partial charge in [0, 0.05) is 11.7 Å². The molecular weight excluding hydrogens is 282 g/mol. The first-order valence-electron chi connectivity index (χ1n) is 6.73. The topological polar surface area (TPSA) is 55.1 Å². The number of carbonyl (C=O) groups excluding carboxylic acids is 1. The van der Waals surface area contributed by atoms with Gasteiger partial charge in [-0.25, -0.2) is 8.78 Å². The van der Waals surface area contributed by atoms with Gasteiger partial charge in [0.25, 0.3) is 0 Å². The zero-order valence-corrected chi connectivity index (χ0v) is 11.9. The molecule has 1 saturated carbocycles. The van der Waals surface area contributed by atoms with Crippen molar-refractivity contribution in [3.8, 4) is 0 Å². The van der Waals surface area contributed by atoms with Crippen LogP contribution < -0.4 is 11.1 Å². The molecule has 6 heteroatoms. The van der Waals surface area contributed by atoms with E-state index in [4.69, 9.17) is 5.73 Å². The molecule has 0 bridgehead atoms. The second-order valence-corrected chi connectivity index (χ2v) is 5.99. The van der Waals surface area contributed by atoms with Gasteiger partial charge in [-0.1, -0.05) is 19.3 Å². The highest BCUT2D eigenvalue weighted by molar-refractivity contribution is 8.00.